The molecular formula is C7H7Br. The molecule has 0 aromatic rings. The molecule has 0 amide bonds. The van der Waals surface area contributed by atoms with Crippen molar-refractivity contribution in [2.75, 3.05) is 5.33 Å². The smallest absolute Gasteiger partial charge is 0.0649 e. The summed E-state index contributed by atoms with van der Waals surface area (Å²) in [6, 6.07) is 0. The monoisotopic (exact) mass is 170 g/mol. The van der Waals surface area contributed by atoms with Crippen LogP contribution in [0.15, 0.2) is 24.8 Å². The maximum Gasteiger partial charge on any atom is 0.0649 e. The standard InChI is InChI=1S/C7H7Br/c1-3-7(2)5-4-6-8/h3H,1-2,6H2. The first kappa shape index (κ1) is 7.52. The van der Waals surface area contributed by atoms with Crippen molar-refractivity contribution in [2.24, 2.45) is 0 Å². The van der Waals surface area contributed by atoms with Crippen LogP contribution in [0.25, 0.3) is 0 Å². The summed E-state index contributed by atoms with van der Waals surface area (Å²) in [6.07, 6.45) is 1.63. The Labute approximate surface area is 58.4 Å². The lowest BCUT2D eigenvalue weighted by atomic mass is 10.3. The second-order valence-corrected chi connectivity index (χ2v) is 1.73. The maximum atomic E-state index is 3.60. The highest BCUT2D eigenvalue weighted by Crippen LogP contribution is 1.85. The molecule has 0 aliphatic heterocycles. The predicted molar refractivity (Wildman–Crippen MR) is 40.9 cm³/mol. The zero-order valence-corrected chi connectivity index (χ0v) is 6.16. The van der Waals surface area contributed by atoms with Gasteiger partial charge in [-0.2, -0.15) is 0 Å². The van der Waals surface area contributed by atoms with Gasteiger partial charge in [-0.3, -0.25) is 0 Å². The summed E-state index contributed by atoms with van der Waals surface area (Å²) < 4.78 is 0. The van der Waals surface area contributed by atoms with Gasteiger partial charge < -0.3 is 0 Å². The summed E-state index contributed by atoms with van der Waals surface area (Å²) in [5.41, 5.74) is 0.768. The maximum absolute atomic E-state index is 3.60. The van der Waals surface area contributed by atoms with E-state index in [9.17, 15) is 0 Å². The number of rotatable bonds is 1. The van der Waals surface area contributed by atoms with Crippen LogP contribution in [-0.2, 0) is 0 Å². The summed E-state index contributed by atoms with van der Waals surface area (Å²) >= 11 is 3.16. The Bertz CT molecular complexity index is 146. The van der Waals surface area contributed by atoms with Gasteiger partial charge in [-0.1, -0.05) is 47.0 Å². The molecule has 0 rings (SSSR count). The molecule has 42 valence electrons. The minimum Gasteiger partial charge on any atom is -0.0978 e. The second-order valence-electron chi connectivity index (χ2n) is 1.16. The van der Waals surface area contributed by atoms with Crippen molar-refractivity contribution in [3.05, 3.63) is 24.8 Å². The van der Waals surface area contributed by atoms with Gasteiger partial charge in [-0.15, -0.1) is 0 Å². The normalized spacial score (nSPS) is 6.62. The van der Waals surface area contributed by atoms with Crippen molar-refractivity contribution in [2.45, 2.75) is 0 Å². The molecule has 0 aliphatic carbocycles. The highest BCUT2D eigenvalue weighted by Gasteiger charge is 1.70. The molecule has 0 atom stereocenters. The Hall–Kier alpha value is -0.480. The molecule has 0 unspecified atom stereocenters. The van der Waals surface area contributed by atoms with Crippen LogP contribution in [0.2, 0.25) is 0 Å². The van der Waals surface area contributed by atoms with Crippen molar-refractivity contribution in [1.82, 2.24) is 0 Å². The van der Waals surface area contributed by atoms with Crippen LogP contribution >= 0.6 is 15.9 Å². The van der Waals surface area contributed by atoms with Crippen LogP contribution in [-0.4, -0.2) is 5.33 Å². The van der Waals surface area contributed by atoms with Gasteiger partial charge in [0.25, 0.3) is 0 Å². The molecule has 0 aliphatic rings. The third-order valence-electron chi connectivity index (χ3n) is 0.562. The van der Waals surface area contributed by atoms with E-state index in [0.29, 0.717) is 5.33 Å². The van der Waals surface area contributed by atoms with Gasteiger partial charge in [0.05, 0.1) is 5.33 Å². The lowest BCUT2D eigenvalue weighted by molar-refractivity contribution is 1.85. The van der Waals surface area contributed by atoms with Crippen LogP contribution < -0.4 is 0 Å². The fourth-order valence-corrected chi connectivity index (χ4v) is 0.338. The molecule has 0 heterocycles. The van der Waals surface area contributed by atoms with E-state index in [1.54, 1.807) is 6.08 Å². The van der Waals surface area contributed by atoms with Gasteiger partial charge in [-0.25, -0.2) is 0 Å². The summed E-state index contributed by atoms with van der Waals surface area (Å²) in [5, 5.41) is 0.694. The number of allylic oxidation sites excluding steroid dienone is 2. The molecule has 0 aromatic carbocycles. The van der Waals surface area contributed by atoms with Crippen LogP contribution in [0.1, 0.15) is 0 Å². The molecule has 0 aromatic heterocycles. The molecule has 0 radical (unpaired) electrons. The average Bonchev–Trinajstić information content (AvgIpc) is 1.83. The molecular weight excluding hydrogens is 164 g/mol. The Balaban J connectivity index is 3.69. The van der Waals surface area contributed by atoms with Crippen molar-refractivity contribution < 1.29 is 0 Å². The van der Waals surface area contributed by atoms with Crippen molar-refractivity contribution >= 4 is 15.9 Å². The second kappa shape index (κ2) is 4.67. The van der Waals surface area contributed by atoms with E-state index in [-0.39, 0.29) is 0 Å². The van der Waals surface area contributed by atoms with E-state index in [4.69, 9.17) is 0 Å². The number of hydrogen-bond acceptors (Lipinski definition) is 0. The van der Waals surface area contributed by atoms with E-state index in [1.165, 1.54) is 0 Å². The zero-order valence-electron chi connectivity index (χ0n) is 4.58. The third kappa shape index (κ3) is 3.70. The number of hydrogen-bond donors (Lipinski definition) is 0. The average molecular weight is 171 g/mol. The highest BCUT2D eigenvalue weighted by molar-refractivity contribution is 9.09. The van der Waals surface area contributed by atoms with Crippen molar-refractivity contribution in [3.63, 3.8) is 0 Å². The van der Waals surface area contributed by atoms with Crippen LogP contribution in [0.3, 0.4) is 0 Å². The summed E-state index contributed by atoms with van der Waals surface area (Å²) in [6.45, 7) is 7.09. The van der Waals surface area contributed by atoms with Gasteiger partial charge >= 0.3 is 0 Å². The predicted octanol–water partition coefficient (Wildman–Crippen LogP) is 2.13. The number of alkyl halides is 1. The molecule has 0 N–H and O–H groups in total. The molecule has 0 bridgehead atoms. The van der Waals surface area contributed by atoms with Gasteiger partial charge in [-0.05, 0) is 0 Å². The lowest BCUT2D eigenvalue weighted by Gasteiger charge is -1.76. The fourth-order valence-electron chi connectivity index (χ4n) is 0.198. The summed E-state index contributed by atoms with van der Waals surface area (Å²) in [5.74, 6) is 5.57. The van der Waals surface area contributed by atoms with E-state index in [2.05, 4.69) is 40.9 Å². The van der Waals surface area contributed by atoms with E-state index in [1.807, 2.05) is 0 Å². The first-order valence-corrected chi connectivity index (χ1v) is 3.29. The van der Waals surface area contributed by atoms with Gasteiger partial charge in [0.1, 0.15) is 0 Å². The van der Waals surface area contributed by atoms with Crippen molar-refractivity contribution in [1.29, 1.82) is 0 Å². The Kier molecular flexibility index (Phi) is 4.39. The first-order valence-electron chi connectivity index (χ1n) is 2.17. The Morgan fingerprint density at radius 3 is 2.75 bits per heavy atom. The van der Waals surface area contributed by atoms with E-state index in [0.717, 1.165) is 5.57 Å². The molecule has 8 heavy (non-hydrogen) atoms. The molecule has 0 nitrogen and oxygen atoms in total. The minimum atomic E-state index is 0.694. The Morgan fingerprint density at radius 2 is 2.38 bits per heavy atom. The van der Waals surface area contributed by atoms with Gasteiger partial charge in [0.15, 0.2) is 0 Å². The third-order valence-corrected chi connectivity index (χ3v) is 0.843. The topological polar surface area (TPSA) is 0 Å². The molecule has 0 fully saturated rings. The van der Waals surface area contributed by atoms with E-state index >= 15 is 0 Å². The molecule has 0 spiro atoms. The largest absolute Gasteiger partial charge is 0.0978 e. The van der Waals surface area contributed by atoms with Crippen LogP contribution in [0.5, 0.6) is 0 Å². The molecule has 0 saturated heterocycles. The van der Waals surface area contributed by atoms with Crippen LogP contribution in [0, 0.1) is 11.8 Å². The lowest BCUT2D eigenvalue weighted by Crippen LogP contribution is -1.64. The highest BCUT2D eigenvalue weighted by atomic mass is 79.9. The van der Waals surface area contributed by atoms with Gasteiger partial charge in [0, 0.05) is 5.57 Å². The SMILES string of the molecule is C=CC(=C)C#CCBr. The Morgan fingerprint density at radius 1 is 1.75 bits per heavy atom. The van der Waals surface area contributed by atoms with Gasteiger partial charge in [0.2, 0.25) is 0 Å². The quantitative estimate of drug-likeness (QED) is 0.322. The molecule has 1 heteroatoms. The van der Waals surface area contributed by atoms with E-state index < -0.39 is 0 Å². The van der Waals surface area contributed by atoms with Crippen LogP contribution in [0.4, 0.5) is 0 Å². The van der Waals surface area contributed by atoms with Crippen molar-refractivity contribution in [3.8, 4) is 11.8 Å². The summed E-state index contributed by atoms with van der Waals surface area (Å²) in [4.78, 5) is 0. The zero-order chi connectivity index (χ0) is 6.41. The minimum absolute atomic E-state index is 0.694. The summed E-state index contributed by atoms with van der Waals surface area (Å²) in [7, 11) is 0. The fraction of sp³-hybridized carbons (Fsp3) is 0.143. The molecule has 0 saturated carbocycles. The number of halogens is 1. The first-order chi connectivity index (χ1) is 3.81.